The van der Waals surface area contributed by atoms with E-state index in [1.165, 1.54) is 6.92 Å². The maximum Gasteiger partial charge on any atom is 0.253 e. The van der Waals surface area contributed by atoms with Crippen LogP contribution in [0.15, 0.2) is 53.0 Å². The summed E-state index contributed by atoms with van der Waals surface area (Å²) in [5, 5.41) is 2.68. The summed E-state index contributed by atoms with van der Waals surface area (Å²) in [7, 11) is 1.76. The molecule has 5 heteroatoms. The van der Waals surface area contributed by atoms with Gasteiger partial charge in [-0.1, -0.05) is 34.1 Å². The SMILES string of the molecule is CC(=O)Nc1cccc(C(=O)N(C)Cc2ccc(Br)cc2)c1. The molecule has 0 bridgehead atoms. The van der Waals surface area contributed by atoms with E-state index in [0.29, 0.717) is 17.8 Å². The van der Waals surface area contributed by atoms with Crippen molar-refractivity contribution in [3.05, 3.63) is 64.1 Å². The van der Waals surface area contributed by atoms with Gasteiger partial charge in [0.15, 0.2) is 0 Å². The van der Waals surface area contributed by atoms with Gasteiger partial charge in [0.1, 0.15) is 0 Å². The Labute approximate surface area is 138 Å². The number of nitrogens with zero attached hydrogens (tertiary/aromatic N) is 1. The van der Waals surface area contributed by atoms with Crippen molar-refractivity contribution in [2.75, 3.05) is 12.4 Å². The number of hydrogen-bond donors (Lipinski definition) is 1. The van der Waals surface area contributed by atoms with Gasteiger partial charge in [-0.05, 0) is 35.9 Å². The van der Waals surface area contributed by atoms with Crippen LogP contribution in [0, 0.1) is 0 Å². The Kier molecular flexibility index (Phi) is 5.33. The zero-order chi connectivity index (χ0) is 16.1. The highest BCUT2D eigenvalue weighted by Crippen LogP contribution is 2.15. The molecule has 2 aromatic carbocycles. The number of nitrogens with one attached hydrogen (secondary N) is 1. The van der Waals surface area contributed by atoms with Crippen molar-refractivity contribution in [3.8, 4) is 0 Å². The third-order valence-electron chi connectivity index (χ3n) is 3.11. The summed E-state index contributed by atoms with van der Waals surface area (Å²) >= 11 is 3.39. The van der Waals surface area contributed by atoms with Gasteiger partial charge in [0.2, 0.25) is 5.91 Å². The lowest BCUT2D eigenvalue weighted by molar-refractivity contribution is -0.114. The minimum absolute atomic E-state index is 0.0879. The Hall–Kier alpha value is -2.14. The number of hydrogen-bond acceptors (Lipinski definition) is 2. The van der Waals surface area contributed by atoms with Crippen LogP contribution >= 0.6 is 15.9 Å². The fourth-order valence-corrected chi connectivity index (χ4v) is 2.35. The van der Waals surface area contributed by atoms with Crippen LogP contribution in [0.25, 0.3) is 0 Å². The zero-order valence-corrected chi connectivity index (χ0v) is 14.1. The molecule has 2 aromatic rings. The largest absolute Gasteiger partial charge is 0.337 e. The van der Waals surface area contributed by atoms with Crippen molar-refractivity contribution >= 4 is 33.4 Å². The molecule has 114 valence electrons. The average molecular weight is 361 g/mol. The van der Waals surface area contributed by atoms with Gasteiger partial charge in [0, 0.05) is 36.2 Å². The molecule has 22 heavy (non-hydrogen) atoms. The van der Waals surface area contributed by atoms with Crippen LogP contribution in [0.4, 0.5) is 5.69 Å². The van der Waals surface area contributed by atoms with Crippen LogP contribution in [-0.2, 0) is 11.3 Å². The quantitative estimate of drug-likeness (QED) is 0.903. The van der Waals surface area contributed by atoms with E-state index in [4.69, 9.17) is 0 Å². The van der Waals surface area contributed by atoms with Crippen LogP contribution < -0.4 is 5.32 Å². The lowest BCUT2D eigenvalue weighted by Gasteiger charge is -2.18. The van der Waals surface area contributed by atoms with Crippen LogP contribution in [0.2, 0.25) is 0 Å². The van der Waals surface area contributed by atoms with Crippen LogP contribution in [0.3, 0.4) is 0 Å². The van der Waals surface area contributed by atoms with E-state index in [1.807, 2.05) is 24.3 Å². The first-order valence-electron chi connectivity index (χ1n) is 6.83. The Balaban J connectivity index is 2.09. The summed E-state index contributed by atoms with van der Waals surface area (Å²) in [6.07, 6.45) is 0. The molecule has 0 atom stereocenters. The fourth-order valence-electron chi connectivity index (χ4n) is 2.09. The molecule has 0 aliphatic carbocycles. The molecule has 2 amide bonds. The molecule has 0 unspecified atom stereocenters. The Bertz CT molecular complexity index is 683. The Morgan fingerprint density at radius 2 is 1.82 bits per heavy atom. The molecule has 0 aliphatic rings. The van der Waals surface area contributed by atoms with Gasteiger partial charge in [0.05, 0.1) is 0 Å². The van der Waals surface area contributed by atoms with Crippen molar-refractivity contribution in [2.24, 2.45) is 0 Å². The third kappa shape index (κ3) is 4.43. The molecule has 0 saturated carbocycles. The summed E-state index contributed by atoms with van der Waals surface area (Å²) in [5.41, 5.74) is 2.22. The molecule has 0 radical (unpaired) electrons. The lowest BCUT2D eigenvalue weighted by atomic mass is 10.1. The topological polar surface area (TPSA) is 49.4 Å². The fraction of sp³-hybridized carbons (Fsp3) is 0.176. The van der Waals surface area contributed by atoms with Gasteiger partial charge < -0.3 is 10.2 Å². The van der Waals surface area contributed by atoms with Gasteiger partial charge in [0.25, 0.3) is 5.91 Å². The van der Waals surface area contributed by atoms with Gasteiger partial charge >= 0.3 is 0 Å². The van der Waals surface area contributed by atoms with Crippen molar-refractivity contribution in [3.63, 3.8) is 0 Å². The summed E-state index contributed by atoms with van der Waals surface area (Å²) in [6.45, 7) is 1.96. The van der Waals surface area contributed by atoms with E-state index in [9.17, 15) is 9.59 Å². The maximum absolute atomic E-state index is 12.5. The van der Waals surface area contributed by atoms with E-state index >= 15 is 0 Å². The predicted octanol–water partition coefficient (Wildman–Crippen LogP) is 3.68. The molecule has 0 spiro atoms. The Morgan fingerprint density at radius 1 is 1.14 bits per heavy atom. The van der Waals surface area contributed by atoms with Crippen LogP contribution in [0.5, 0.6) is 0 Å². The van der Waals surface area contributed by atoms with Gasteiger partial charge in [-0.2, -0.15) is 0 Å². The molecule has 0 aromatic heterocycles. The van der Waals surface area contributed by atoms with E-state index in [-0.39, 0.29) is 11.8 Å². The van der Waals surface area contributed by atoms with Crippen molar-refractivity contribution < 1.29 is 9.59 Å². The minimum Gasteiger partial charge on any atom is -0.337 e. The predicted molar refractivity (Wildman–Crippen MR) is 90.7 cm³/mol. The number of carbonyl (C=O) groups is 2. The molecular weight excluding hydrogens is 344 g/mol. The second-order valence-electron chi connectivity index (χ2n) is 5.05. The van der Waals surface area contributed by atoms with E-state index in [2.05, 4.69) is 21.2 Å². The van der Waals surface area contributed by atoms with Crippen LogP contribution in [-0.4, -0.2) is 23.8 Å². The summed E-state index contributed by atoms with van der Waals surface area (Å²) in [4.78, 5) is 25.2. The molecule has 0 heterocycles. The summed E-state index contributed by atoms with van der Waals surface area (Å²) < 4.78 is 1.01. The molecule has 4 nitrogen and oxygen atoms in total. The summed E-state index contributed by atoms with van der Waals surface area (Å²) in [6, 6.07) is 14.8. The molecule has 1 N–H and O–H groups in total. The van der Waals surface area contributed by atoms with Gasteiger partial charge in [-0.15, -0.1) is 0 Å². The molecule has 0 aliphatic heterocycles. The molecule has 2 rings (SSSR count). The number of halogens is 1. The average Bonchev–Trinajstić information content (AvgIpc) is 2.48. The zero-order valence-electron chi connectivity index (χ0n) is 12.5. The number of amides is 2. The van der Waals surface area contributed by atoms with E-state index < -0.39 is 0 Å². The third-order valence-corrected chi connectivity index (χ3v) is 3.64. The number of rotatable bonds is 4. The van der Waals surface area contributed by atoms with E-state index in [0.717, 1.165) is 10.0 Å². The van der Waals surface area contributed by atoms with Crippen molar-refractivity contribution in [2.45, 2.75) is 13.5 Å². The van der Waals surface area contributed by atoms with Gasteiger partial charge in [-0.25, -0.2) is 0 Å². The first-order chi connectivity index (χ1) is 10.5. The normalized spacial score (nSPS) is 10.1. The second kappa shape index (κ2) is 7.22. The second-order valence-corrected chi connectivity index (χ2v) is 5.97. The van der Waals surface area contributed by atoms with Gasteiger partial charge in [-0.3, -0.25) is 9.59 Å². The number of benzene rings is 2. The van der Waals surface area contributed by atoms with Crippen LogP contribution in [0.1, 0.15) is 22.8 Å². The van der Waals surface area contributed by atoms with E-state index in [1.54, 1.807) is 36.2 Å². The highest BCUT2D eigenvalue weighted by molar-refractivity contribution is 9.10. The van der Waals surface area contributed by atoms with Crippen molar-refractivity contribution in [1.29, 1.82) is 0 Å². The molecule has 0 fully saturated rings. The summed E-state index contributed by atoms with van der Waals surface area (Å²) in [5.74, 6) is -0.247. The smallest absolute Gasteiger partial charge is 0.253 e. The first kappa shape index (κ1) is 16.2. The number of anilines is 1. The maximum atomic E-state index is 12.5. The highest BCUT2D eigenvalue weighted by atomic mass is 79.9. The lowest BCUT2D eigenvalue weighted by Crippen LogP contribution is -2.26. The van der Waals surface area contributed by atoms with Crippen molar-refractivity contribution in [1.82, 2.24) is 4.90 Å². The first-order valence-corrected chi connectivity index (χ1v) is 7.62. The minimum atomic E-state index is -0.159. The Morgan fingerprint density at radius 3 is 2.45 bits per heavy atom. The standard InChI is InChI=1S/C17H17BrN2O2/c1-12(21)19-16-5-3-4-14(10-16)17(22)20(2)11-13-6-8-15(18)9-7-13/h3-10H,11H2,1-2H3,(H,19,21). The highest BCUT2D eigenvalue weighted by Gasteiger charge is 2.12. The molecule has 0 saturated heterocycles. The molecular formula is C17H17BrN2O2. The monoisotopic (exact) mass is 360 g/mol. The number of carbonyl (C=O) groups excluding carboxylic acids is 2.